The Bertz CT molecular complexity index is 923. The normalized spacial score (nSPS) is 11.9. The zero-order valence-corrected chi connectivity index (χ0v) is 18.5. The lowest BCUT2D eigenvalue weighted by Gasteiger charge is -2.20. The second-order valence-electron chi connectivity index (χ2n) is 6.95. The maximum Gasteiger partial charge on any atom is 0.357 e. The van der Waals surface area contributed by atoms with Gasteiger partial charge >= 0.3 is 11.9 Å². The van der Waals surface area contributed by atoms with Crippen LogP contribution in [-0.2, 0) is 30.2 Å². The second kappa shape index (κ2) is 12.8. The van der Waals surface area contributed by atoms with Crippen molar-refractivity contribution in [3.05, 3.63) is 84.6 Å². The van der Waals surface area contributed by atoms with Crippen LogP contribution in [0.4, 0.5) is 0 Å². The largest absolute Gasteiger partial charge is 0.466 e. The van der Waals surface area contributed by atoms with Crippen LogP contribution in [-0.4, -0.2) is 31.2 Å². The zero-order valence-electron chi connectivity index (χ0n) is 18.5. The van der Waals surface area contributed by atoms with E-state index in [0.717, 1.165) is 23.0 Å². The summed E-state index contributed by atoms with van der Waals surface area (Å²) in [5, 5.41) is 3.06. The average Bonchev–Trinajstić information content (AvgIpc) is 2.78. The molecular formula is C25H30N2O5. The topological polar surface area (TPSA) is 99.9 Å². The summed E-state index contributed by atoms with van der Waals surface area (Å²) in [5.74, 6) is -0.866. The Balaban J connectivity index is 2.04. The fraction of sp³-hybridized carbons (Fsp3) is 0.280. The molecule has 0 amide bonds. The summed E-state index contributed by atoms with van der Waals surface area (Å²) in [7, 11) is 0. The predicted molar refractivity (Wildman–Crippen MR) is 123 cm³/mol. The van der Waals surface area contributed by atoms with Crippen LogP contribution in [0.3, 0.4) is 0 Å². The van der Waals surface area contributed by atoms with Crippen LogP contribution in [0.15, 0.2) is 79.0 Å². The molecule has 1 atom stereocenters. The van der Waals surface area contributed by atoms with Crippen LogP contribution in [0.1, 0.15) is 25.8 Å². The first-order valence-electron chi connectivity index (χ1n) is 10.5. The van der Waals surface area contributed by atoms with Gasteiger partial charge in [0.25, 0.3) is 0 Å². The van der Waals surface area contributed by atoms with E-state index < -0.39 is 5.97 Å². The second-order valence-corrected chi connectivity index (χ2v) is 6.95. The van der Waals surface area contributed by atoms with E-state index in [-0.39, 0.29) is 36.6 Å². The van der Waals surface area contributed by atoms with E-state index in [0.29, 0.717) is 13.0 Å². The fourth-order valence-electron chi connectivity index (χ4n) is 3.00. The number of hydrogen-bond acceptors (Lipinski definition) is 7. The number of ether oxygens (including phenoxy) is 3. The van der Waals surface area contributed by atoms with Crippen molar-refractivity contribution in [3.63, 3.8) is 0 Å². The Morgan fingerprint density at radius 1 is 1.00 bits per heavy atom. The average molecular weight is 439 g/mol. The number of hydrogen-bond donors (Lipinski definition) is 2. The van der Waals surface area contributed by atoms with Crippen LogP contribution in [0.5, 0.6) is 0 Å². The van der Waals surface area contributed by atoms with Gasteiger partial charge in [-0.1, -0.05) is 54.6 Å². The van der Waals surface area contributed by atoms with Gasteiger partial charge in [-0.05, 0) is 43.5 Å². The molecule has 0 aliphatic rings. The fourth-order valence-corrected chi connectivity index (χ4v) is 3.00. The third-order valence-electron chi connectivity index (χ3n) is 4.47. The summed E-state index contributed by atoms with van der Waals surface area (Å²) >= 11 is 0. The molecule has 0 aromatic heterocycles. The van der Waals surface area contributed by atoms with Crippen molar-refractivity contribution in [2.75, 3.05) is 13.2 Å². The molecule has 0 spiro atoms. The number of carbonyl (C=O) groups is 2. The van der Waals surface area contributed by atoms with E-state index in [1.807, 2.05) is 42.5 Å². The van der Waals surface area contributed by atoms with E-state index in [1.165, 1.54) is 0 Å². The molecule has 32 heavy (non-hydrogen) atoms. The van der Waals surface area contributed by atoms with Crippen LogP contribution in [0.2, 0.25) is 0 Å². The van der Waals surface area contributed by atoms with Crippen LogP contribution < -0.4 is 11.1 Å². The molecule has 2 rings (SSSR count). The van der Waals surface area contributed by atoms with E-state index in [1.54, 1.807) is 13.8 Å². The van der Waals surface area contributed by atoms with Crippen LogP contribution >= 0.6 is 0 Å². The van der Waals surface area contributed by atoms with Crippen molar-refractivity contribution in [2.45, 2.75) is 32.7 Å². The van der Waals surface area contributed by atoms with Crippen molar-refractivity contribution >= 4 is 11.9 Å². The van der Waals surface area contributed by atoms with Crippen molar-refractivity contribution in [3.8, 4) is 11.1 Å². The highest BCUT2D eigenvalue weighted by Gasteiger charge is 2.17. The Morgan fingerprint density at radius 2 is 1.62 bits per heavy atom. The minimum atomic E-state index is -0.679. The smallest absolute Gasteiger partial charge is 0.357 e. The minimum absolute atomic E-state index is 0.119. The zero-order chi connectivity index (χ0) is 23.3. The summed E-state index contributed by atoms with van der Waals surface area (Å²) in [6, 6.07) is 17.9. The van der Waals surface area contributed by atoms with Crippen LogP contribution in [0.25, 0.3) is 11.1 Å². The first kappa shape index (κ1) is 24.5. The molecule has 0 aliphatic carbocycles. The summed E-state index contributed by atoms with van der Waals surface area (Å²) in [6.07, 6.45) is 1.71. The molecule has 0 saturated carbocycles. The molecule has 0 aliphatic heterocycles. The summed E-state index contributed by atoms with van der Waals surface area (Å²) in [4.78, 5) is 23.6. The van der Waals surface area contributed by atoms with Gasteiger partial charge in [0.15, 0.2) is 11.6 Å². The Labute approximate surface area is 188 Å². The number of benzene rings is 2. The highest BCUT2D eigenvalue weighted by atomic mass is 16.5. The Kier molecular flexibility index (Phi) is 9.84. The van der Waals surface area contributed by atoms with E-state index in [9.17, 15) is 9.59 Å². The quantitative estimate of drug-likeness (QED) is 0.296. The number of carbonyl (C=O) groups excluding carboxylic acids is 2. The van der Waals surface area contributed by atoms with Gasteiger partial charge < -0.3 is 25.3 Å². The Hall–Kier alpha value is -3.74. The third kappa shape index (κ3) is 8.18. The molecule has 0 radical (unpaired) electrons. The molecule has 7 nitrogen and oxygen atoms in total. The third-order valence-corrected chi connectivity index (χ3v) is 4.47. The molecule has 170 valence electrons. The molecule has 2 aromatic rings. The Morgan fingerprint density at radius 3 is 2.25 bits per heavy atom. The number of nitrogens with two attached hydrogens (primary N) is 1. The predicted octanol–water partition coefficient (Wildman–Crippen LogP) is 3.66. The van der Waals surface area contributed by atoms with Crippen molar-refractivity contribution < 1.29 is 23.8 Å². The van der Waals surface area contributed by atoms with Crippen LogP contribution in [0, 0.1) is 0 Å². The summed E-state index contributed by atoms with van der Waals surface area (Å²) in [6.45, 7) is 7.72. The molecule has 0 heterocycles. The maximum absolute atomic E-state index is 12.1. The van der Waals surface area contributed by atoms with Gasteiger partial charge in [0, 0.05) is 6.04 Å². The van der Waals surface area contributed by atoms with E-state index in [2.05, 4.69) is 24.0 Å². The molecule has 0 unspecified atom stereocenters. The van der Waals surface area contributed by atoms with Gasteiger partial charge in [0.05, 0.1) is 19.6 Å². The molecule has 0 bridgehead atoms. The minimum Gasteiger partial charge on any atom is -0.466 e. The summed E-state index contributed by atoms with van der Waals surface area (Å²) < 4.78 is 15.2. The summed E-state index contributed by atoms with van der Waals surface area (Å²) in [5.41, 5.74) is 8.69. The van der Waals surface area contributed by atoms with Gasteiger partial charge in [0.1, 0.15) is 6.26 Å². The van der Waals surface area contributed by atoms with Gasteiger partial charge in [-0.2, -0.15) is 0 Å². The van der Waals surface area contributed by atoms with E-state index in [4.69, 9.17) is 19.9 Å². The monoisotopic (exact) mass is 438 g/mol. The lowest BCUT2D eigenvalue weighted by Crippen LogP contribution is -2.33. The number of nitrogens with one attached hydrogen (secondary N) is 1. The molecular weight excluding hydrogens is 408 g/mol. The maximum atomic E-state index is 12.1. The lowest BCUT2D eigenvalue weighted by atomic mass is 9.99. The SMILES string of the molecule is C=C(N[C@@H](CC(=O)OCC)Cc1ccc(-c2ccccc2)cc1)O/C=C(\N)C(=O)OCC. The van der Waals surface area contributed by atoms with Gasteiger partial charge in [-0.25, -0.2) is 4.79 Å². The molecule has 3 N–H and O–H groups in total. The number of esters is 2. The lowest BCUT2D eigenvalue weighted by molar-refractivity contribution is -0.143. The highest BCUT2D eigenvalue weighted by Crippen LogP contribution is 2.20. The highest BCUT2D eigenvalue weighted by molar-refractivity contribution is 5.86. The number of rotatable bonds is 12. The molecule has 0 saturated heterocycles. The molecule has 0 fully saturated rings. The van der Waals surface area contributed by atoms with Gasteiger partial charge in [0.2, 0.25) is 0 Å². The molecule has 2 aromatic carbocycles. The van der Waals surface area contributed by atoms with Gasteiger partial charge in [-0.15, -0.1) is 0 Å². The van der Waals surface area contributed by atoms with Gasteiger partial charge in [-0.3, -0.25) is 4.79 Å². The van der Waals surface area contributed by atoms with Crippen molar-refractivity contribution in [1.82, 2.24) is 5.32 Å². The van der Waals surface area contributed by atoms with Crippen molar-refractivity contribution in [1.29, 1.82) is 0 Å². The first-order chi connectivity index (χ1) is 15.4. The first-order valence-corrected chi connectivity index (χ1v) is 10.5. The standard InChI is InChI=1S/C25H30N2O5/c1-4-30-24(28)16-22(27-18(3)32-17-23(26)25(29)31-5-2)15-19-11-13-21(14-12-19)20-9-7-6-8-10-20/h6-14,17,22,27H,3-5,15-16,26H2,1-2H3/b23-17-/t22-/m1/s1. The van der Waals surface area contributed by atoms with E-state index >= 15 is 0 Å². The molecule has 7 heteroatoms. The van der Waals surface area contributed by atoms with Crippen molar-refractivity contribution in [2.24, 2.45) is 5.73 Å².